The highest BCUT2D eigenvalue weighted by atomic mass is 16.5. The Kier molecular flexibility index (Phi) is 3.86. The first-order valence-corrected chi connectivity index (χ1v) is 8.41. The molecular weight excluding hydrogens is 304 g/mol. The summed E-state index contributed by atoms with van der Waals surface area (Å²) in [5.41, 5.74) is 8.21. The van der Waals surface area contributed by atoms with Crippen LogP contribution in [-0.4, -0.2) is 23.2 Å². The van der Waals surface area contributed by atoms with Crippen molar-refractivity contribution in [3.05, 3.63) is 47.8 Å². The summed E-state index contributed by atoms with van der Waals surface area (Å²) < 4.78 is 11.0. The molecule has 4 rings (SSSR count). The molecule has 3 aromatic rings. The SMILES string of the molecule is CC1(c2noc(C(N)Cc3coc4ccccc34)n2)CCNCC1. The molecule has 6 nitrogen and oxygen atoms in total. The molecule has 1 aromatic carbocycles. The molecule has 0 saturated carbocycles. The first-order chi connectivity index (χ1) is 11.7. The average molecular weight is 326 g/mol. The van der Waals surface area contributed by atoms with Gasteiger partial charge in [0, 0.05) is 22.8 Å². The van der Waals surface area contributed by atoms with E-state index >= 15 is 0 Å². The number of piperidine rings is 1. The normalized spacial score (nSPS) is 18.8. The van der Waals surface area contributed by atoms with Gasteiger partial charge in [-0.2, -0.15) is 4.98 Å². The van der Waals surface area contributed by atoms with Crippen molar-refractivity contribution >= 4 is 11.0 Å². The predicted molar refractivity (Wildman–Crippen MR) is 90.6 cm³/mol. The number of furan rings is 1. The van der Waals surface area contributed by atoms with Crippen LogP contribution in [0.1, 0.15) is 43.1 Å². The number of nitrogens with zero attached hydrogens (tertiary/aromatic N) is 2. The lowest BCUT2D eigenvalue weighted by Crippen LogP contribution is -2.38. The largest absolute Gasteiger partial charge is 0.464 e. The van der Waals surface area contributed by atoms with Crippen molar-refractivity contribution in [1.29, 1.82) is 0 Å². The number of hydrogen-bond acceptors (Lipinski definition) is 6. The zero-order chi connectivity index (χ0) is 16.6. The maximum atomic E-state index is 6.31. The van der Waals surface area contributed by atoms with Crippen molar-refractivity contribution in [1.82, 2.24) is 15.5 Å². The van der Waals surface area contributed by atoms with E-state index in [1.807, 2.05) is 24.3 Å². The highest BCUT2D eigenvalue weighted by molar-refractivity contribution is 5.80. The molecule has 1 saturated heterocycles. The van der Waals surface area contributed by atoms with E-state index in [1.54, 1.807) is 6.26 Å². The Morgan fingerprint density at radius 2 is 2.08 bits per heavy atom. The van der Waals surface area contributed by atoms with Gasteiger partial charge in [0.15, 0.2) is 5.82 Å². The summed E-state index contributed by atoms with van der Waals surface area (Å²) in [7, 11) is 0. The third kappa shape index (κ3) is 2.72. The third-order valence-electron chi connectivity index (χ3n) is 5.01. The van der Waals surface area contributed by atoms with E-state index in [1.165, 1.54) is 0 Å². The maximum absolute atomic E-state index is 6.31. The Hall–Kier alpha value is -2.18. The van der Waals surface area contributed by atoms with Gasteiger partial charge in [0.2, 0.25) is 5.89 Å². The van der Waals surface area contributed by atoms with Gasteiger partial charge in [0.1, 0.15) is 5.58 Å². The van der Waals surface area contributed by atoms with Crippen LogP contribution in [0.25, 0.3) is 11.0 Å². The molecule has 0 amide bonds. The molecular formula is C18H22N4O2. The average Bonchev–Trinajstić information content (AvgIpc) is 3.24. The molecule has 2 aromatic heterocycles. The van der Waals surface area contributed by atoms with E-state index in [9.17, 15) is 0 Å². The van der Waals surface area contributed by atoms with E-state index in [0.29, 0.717) is 12.3 Å². The Bertz CT molecular complexity index is 832. The summed E-state index contributed by atoms with van der Waals surface area (Å²) >= 11 is 0. The van der Waals surface area contributed by atoms with Crippen molar-refractivity contribution in [2.24, 2.45) is 5.73 Å². The molecule has 1 unspecified atom stereocenters. The number of nitrogens with two attached hydrogens (primary N) is 1. The molecule has 3 N–H and O–H groups in total. The minimum atomic E-state index is -0.336. The lowest BCUT2D eigenvalue weighted by atomic mass is 9.80. The van der Waals surface area contributed by atoms with Crippen LogP contribution in [-0.2, 0) is 11.8 Å². The standard InChI is InChI=1S/C18H22N4O2/c1-18(6-8-20-9-7-18)17-21-16(24-22-17)14(19)10-12-11-23-15-5-3-2-4-13(12)15/h2-5,11,14,20H,6-10,19H2,1H3. The van der Waals surface area contributed by atoms with E-state index in [4.69, 9.17) is 14.7 Å². The smallest absolute Gasteiger partial charge is 0.243 e. The molecule has 1 aliphatic heterocycles. The van der Waals surface area contributed by atoms with Crippen LogP contribution in [0.3, 0.4) is 0 Å². The van der Waals surface area contributed by atoms with E-state index in [2.05, 4.69) is 22.4 Å². The lowest BCUT2D eigenvalue weighted by molar-refractivity contribution is 0.296. The Morgan fingerprint density at radius 1 is 1.29 bits per heavy atom. The molecule has 126 valence electrons. The van der Waals surface area contributed by atoms with Crippen LogP contribution in [0.5, 0.6) is 0 Å². The monoisotopic (exact) mass is 326 g/mol. The fraction of sp³-hybridized carbons (Fsp3) is 0.444. The van der Waals surface area contributed by atoms with Gasteiger partial charge in [-0.1, -0.05) is 30.3 Å². The molecule has 6 heteroatoms. The van der Waals surface area contributed by atoms with Crippen LogP contribution in [0, 0.1) is 0 Å². The third-order valence-corrected chi connectivity index (χ3v) is 5.01. The minimum Gasteiger partial charge on any atom is -0.464 e. The molecule has 0 bridgehead atoms. The molecule has 1 aliphatic rings. The van der Waals surface area contributed by atoms with Crippen molar-refractivity contribution in [2.45, 2.75) is 37.6 Å². The predicted octanol–water partition coefficient (Wildman–Crippen LogP) is 2.70. The van der Waals surface area contributed by atoms with Crippen molar-refractivity contribution in [3.8, 4) is 0 Å². The van der Waals surface area contributed by atoms with Gasteiger partial charge in [-0.05, 0) is 32.0 Å². The number of nitrogens with one attached hydrogen (secondary N) is 1. The first kappa shape index (κ1) is 15.4. The number of rotatable bonds is 4. The topological polar surface area (TPSA) is 90.1 Å². The van der Waals surface area contributed by atoms with Gasteiger partial charge < -0.3 is 20.0 Å². The zero-order valence-corrected chi connectivity index (χ0v) is 13.8. The lowest BCUT2D eigenvalue weighted by Gasteiger charge is -2.30. The number of aromatic nitrogens is 2. The van der Waals surface area contributed by atoms with Crippen molar-refractivity contribution in [2.75, 3.05) is 13.1 Å². The van der Waals surface area contributed by atoms with Gasteiger partial charge in [-0.25, -0.2) is 0 Å². The summed E-state index contributed by atoms with van der Waals surface area (Å²) in [6.07, 6.45) is 4.38. The number of para-hydroxylation sites is 1. The second-order valence-corrected chi connectivity index (χ2v) is 6.83. The van der Waals surface area contributed by atoms with Crippen molar-refractivity contribution < 1.29 is 8.94 Å². The molecule has 0 aliphatic carbocycles. The Morgan fingerprint density at radius 3 is 2.92 bits per heavy atom. The molecule has 3 heterocycles. The van der Waals surface area contributed by atoms with Crippen LogP contribution in [0.15, 0.2) is 39.5 Å². The molecule has 0 radical (unpaired) electrons. The Balaban J connectivity index is 1.54. The van der Waals surface area contributed by atoms with E-state index in [-0.39, 0.29) is 11.5 Å². The minimum absolute atomic E-state index is 0.0327. The molecule has 1 atom stereocenters. The van der Waals surface area contributed by atoms with Gasteiger partial charge in [-0.15, -0.1) is 0 Å². The van der Waals surface area contributed by atoms with Gasteiger partial charge in [0.05, 0.1) is 12.3 Å². The number of benzene rings is 1. The highest BCUT2D eigenvalue weighted by Crippen LogP contribution is 2.32. The van der Waals surface area contributed by atoms with Crippen LogP contribution < -0.4 is 11.1 Å². The summed E-state index contributed by atoms with van der Waals surface area (Å²) in [6.45, 7) is 4.15. The summed E-state index contributed by atoms with van der Waals surface area (Å²) in [5.74, 6) is 1.27. The maximum Gasteiger partial charge on any atom is 0.243 e. The highest BCUT2D eigenvalue weighted by Gasteiger charge is 2.34. The quantitative estimate of drug-likeness (QED) is 0.766. The van der Waals surface area contributed by atoms with Crippen LogP contribution in [0.4, 0.5) is 0 Å². The van der Waals surface area contributed by atoms with Crippen molar-refractivity contribution in [3.63, 3.8) is 0 Å². The second kappa shape index (κ2) is 6.03. The summed E-state index contributed by atoms with van der Waals surface area (Å²) in [4.78, 5) is 4.61. The Labute approximate surface area is 140 Å². The molecule has 1 fully saturated rings. The van der Waals surface area contributed by atoms with E-state index in [0.717, 1.165) is 48.3 Å². The molecule has 0 spiro atoms. The van der Waals surface area contributed by atoms with Gasteiger partial charge in [0.25, 0.3) is 0 Å². The van der Waals surface area contributed by atoms with Crippen LogP contribution >= 0.6 is 0 Å². The first-order valence-electron chi connectivity index (χ1n) is 8.41. The van der Waals surface area contributed by atoms with E-state index < -0.39 is 0 Å². The summed E-state index contributed by atoms with van der Waals surface area (Å²) in [6, 6.07) is 7.61. The summed E-state index contributed by atoms with van der Waals surface area (Å²) in [5, 5.41) is 8.65. The number of hydrogen-bond donors (Lipinski definition) is 2. The number of fused-ring (bicyclic) bond motifs is 1. The van der Waals surface area contributed by atoms with Gasteiger partial charge in [-0.3, -0.25) is 0 Å². The van der Waals surface area contributed by atoms with Gasteiger partial charge >= 0.3 is 0 Å². The fourth-order valence-electron chi connectivity index (χ4n) is 3.35. The fourth-order valence-corrected chi connectivity index (χ4v) is 3.35. The van der Waals surface area contributed by atoms with Crippen LogP contribution in [0.2, 0.25) is 0 Å². The zero-order valence-electron chi connectivity index (χ0n) is 13.8. The molecule has 24 heavy (non-hydrogen) atoms. The second-order valence-electron chi connectivity index (χ2n) is 6.83.